The van der Waals surface area contributed by atoms with Gasteiger partial charge in [0.25, 0.3) is 0 Å². The third kappa shape index (κ3) is 3.05. The van der Waals surface area contributed by atoms with Crippen LogP contribution in [0.15, 0.2) is 24.3 Å². The number of benzene rings is 1. The summed E-state index contributed by atoms with van der Waals surface area (Å²) in [5.74, 6) is 0.777. The van der Waals surface area contributed by atoms with Crippen molar-refractivity contribution in [2.45, 2.75) is 26.4 Å². The average Bonchev–Trinajstić information content (AvgIpc) is 2.47. The molecule has 1 unspecified atom stereocenters. The van der Waals surface area contributed by atoms with Crippen LogP contribution in [0.25, 0.3) is 0 Å². The fourth-order valence-corrected chi connectivity index (χ4v) is 3.57. The van der Waals surface area contributed by atoms with Crippen molar-refractivity contribution < 1.29 is 0 Å². The number of rotatable bonds is 3. The smallest absolute Gasteiger partial charge is 0.0477 e. The predicted octanol–water partition coefficient (Wildman–Crippen LogP) is 2.10. The zero-order valence-corrected chi connectivity index (χ0v) is 12.8. The van der Waals surface area contributed by atoms with E-state index in [1.807, 2.05) is 0 Å². The fraction of sp³-hybridized carbons (Fsp3) is 0.647. The Bertz CT molecular complexity index is 436. The summed E-state index contributed by atoms with van der Waals surface area (Å²) in [6.07, 6.45) is 0. The van der Waals surface area contributed by atoms with E-state index in [1.54, 1.807) is 5.56 Å². The molecule has 20 heavy (non-hydrogen) atoms. The van der Waals surface area contributed by atoms with Crippen molar-refractivity contribution in [2.75, 3.05) is 39.3 Å². The molecule has 1 N–H and O–H groups in total. The minimum atomic E-state index is 0.571. The van der Waals surface area contributed by atoms with Gasteiger partial charge in [-0.25, -0.2) is 0 Å². The van der Waals surface area contributed by atoms with E-state index in [0.29, 0.717) is 6.04 Å². The Balaban J connectivity index is 1.64. The summed E-state index contributed by atoms with van der Waals surface area (Å²) in [4.78, 5) is 5.28. The average molecular weight is 273 g/mol. The Morgan fingerprint density at radius 1 is 1.15 bits per heavy atom. The topological polar surface area (TPSA) is 18.5 Å². The molecular weight excluding hydrogens is 246 g/mol. The molecule has 0 spiro atoms. The van der Waals surface area contributed by atoms with E-state index in [9.17, 15) is 0 Å². The van der Waals surface area contributed by atoms with E-state index >= 15 is 0 Å². The maximum Gasteiger partial charge on any atom is 0.0477 e. The van der Waals surface area contributed by atoms with Crippen molar-refractivity contribution in [3.63, 3.8) is 0 Å². The molecule has 1 fully saturated rings. The van der Waals surface area contributed by atoms with E-state index in [-0.39, 0.29) is 0 Å². The van der Waals surface area contributed by atoms with E-state index < -0.39 is 0 Å². The monoisotopic (exact) mass is 273 g/mol. The zero-order valence-electron chi connectivity index (χ0n) is 12.8. The lowest BCUT2D eigenvalue weighted by Gasteiger charge is -2.42. The van der Waals surface area contributed by atoms with Gasteiger partial charge in [0.2, 0.25) is 0 Å². The molecule has 0 radical (unpaired) electrons. The standard InChI is InChI=1S/C17H27N3/c1-14(2)13-19-7-9-20(10-8-19)17-12-18-11-15-5-3-4-6-16(15)17/h3-6,14,17-18H,7-13H2,1-2H3. The van der Waals surface area contributed by atoms with Crippen LogP contribution in [0.4, 0.5) is 0 Å². The first-order valence-electron chi connectivity index (χ1n) is 7.99. The first-order chi connectivity index (χ1) is 9.74. The molecule has 3 rings (SSSR count). The molecule has 0 aromatic heterocycles. The molecule has 3 nitrogen and oxygen atoms in total. The summed E-state index contributed by atoms with van der Waals surface area (Å²) < 4.78 is 0. The van der Waals surface area contributed by atoms with E-state index in [4.69, 9.17) is 0 Å². The first kappa shape index (κ1) is 14.1. The molecule has 1 aromatic rings. The highest BCUT2D eigenvalue weighted by atomic mass is 15.3. The molecule has 1 saturated heterocycles. The summed E-state index contributed by atoms with van der Waals surface area (Å²) >= 11 is 0. The highest BCUT2D eigenvalue weighted by Gasteiger charge is 2.28. The molecule has 2 aliphatic heterocycles. The summed E-state index contributed by atoms with van der Waals surface area (Å²) in [6.45, 7) is 12.8. The fourth-order valence-electron chi connectivity index (χ4n) is 3.57. The van der Waals surface area contributed by atoms with Crippen molar-refractivity contribution in [3.8, 4) is 0 Å². The van der Waals surface area contributed by atoms with Crippen molar-refractivity contribution in [2.24, 2.45) is 5.92 Å². The number of nitrogens with one attached hydrogen (secondary N) is 1. The largest absolute Gasteiger partial charge is 0.311 e. The van der Waals surface area contributed by atoms with Crippen LogP contribution in [0.3, 0.4) is 0 Å². The van der Waals surface area contributed by atoms with Gasteiger partial charge < -0.3 is 10.2 Å². The Hall–Kier alpha value is -0.900. The zero-order chi connectivity index (χ0) is 13.9. The van der Waals surface area contributed by atoms with Gasteiger partial charge in [-0.05, 0) is 17.0 Å². The molecule has 3 heteroatoms. The number of piperazine rings is 1. The Kier molecular flexibility index (Phi) is 4.39. The Morgan fingerprint density at radius 3 is 2.65 bits per heavy atom. The van der Waals surface area contributed by atoms with E-state index in [0.717, 1.165) is 19.0 Å². The lowest BCUT2D eigenvalue weighted by molar-refractivity contribution is 0.0851. The van der Waals surface area contributed by atoms with Gasteiger partial charge in [-0.1, -0.05) is 38.1 Å². The van der Waals surface area contributed by atoms with Crippen LogP contribution < -0.4 is 5.32 Å². The van der Waals surface area contributed by atoms with E-state index in [2.05, 4.69) is 53.2 Å². The van der Waals surface area contributed by atoms with Gasteiger partial charge in [0, 0.05) is 51.9 Å². The van der Waals surface area contributed by atoms with Gasteiger partial charge in [0.1, 0.15) is 0 Å². The lowest BCUT2D eigenvalue weighted by Crippen LogP contribution is -2.51. The van der Waals surface area contributed by atoms with Crippen molar-refractivity contribution in [1.82, 2.24) is 15.1 Å². The summed E-state index contributed by atoms with van der Waals surface area (Å²) in [7, 11) is 0. The summed E-state index contributed by atoms with van der Waals surface area (Å²) in [5.41, 5.74) is 3.02. The predicted molar refractivity (Wildman–Crippen MR) is 83.7 cm³/mol. The molecule has 0 aliphatic carbocycles. The lowest BCUT2D eigenvalue weighted by atomic mass is 9.95. The van der Waals surface area contributed by atoms with Gasteiger partial charge in [0.15, 0.2) is 0 Å². The van der Waals surface area contributed by atoms with Gasteiger partial charge in [0.05, 0.1) is 0 Å². The maximum absolute atomic E-state index is 3.58. The Morgan fingerprint density at radius 2 is 1.90 bits per heavy atom. The molecule has 1 aromatic carbocycles. The van der Waals surface area contributed by atoms with Crippen LogP contribution >= 0.6 is 0 Å². The van der Waals surface area contributed by atoms with Gasteiger partial charge in [-0.15, -0.1) is 0 Å². The molecule has 110 valence electrons. The van der Waals surface area contributed by atoms with Crippen LogP contribution in [0.1, 0.15) is 31.0 Å². The highest BCUT2D eigenvalue weighted by Crippen LogP contribution is 2.27. The normalized spacial score (nSPS) is 24.9. The first-order valence-corrected chi connectivity index (χ1v) is 7.99. The molecule has 2 aliphatic rings. The summed E-state index contributed by atoms with van der Waals surface area (Å²) in [6, 6.07) is 9.50. The molecule has 1 atom stereocenters. The second-order valence-corrected chi connectivity index (χ2v) is 6.58. The van der Waals surface area contributed by atoms with Crippen LogP contribution in [0.5, 0.6) is 0 Å². The maximum atomic E-state index is 3.58. The van der Waals surface area contributed by atoms with Gasteiger partial charge in [-0.3, -0.25) is 4.90 Å². The molecule has 0 saturated carbocycles. The highest BCUT2D eigenvalue weighted by molar-refractivity contribution is 5.32. The van der Waals surface area contributed by atoms with Gasteiger partial charge >= 0.3 is 0 Å². The van der Waals surface area contributed by atoms with Crippen molar-refractivity contribution >= 4 is 0 Å². The number of nitrogens with zero attached hydrogens (tertiary/aromatic N) is 2. The Labute approximate surface area is 123 Å². The number of fused-ring (bicyclic) bond motifs is 1. The van der Waals surface area contributed by atoms with Crippen LogP contribution in [0, 0.1) is 5.92 Å². The third-order valence-corrected chi connectivity index (χ3v) is 4.54. The van der Waals surface area contributed by atoms with Crippen LogP contribution in [0.2, 0.25) is 0 Å². The quantitative estimate of drug-likeness (QED) is 0.910. The second-order valence-electron chi connectivity index (χ2n) is 6.58. The molecular formula is C17H27N3. The van der Waals surface area contributed by atoms with Gasteiger partial charge in [-0.2, -0.15) is 0 Å². The second kappa shape index (κ2) is 6.25. The van der Waals surface area contributed by atoms with Crippen LogP contribution in [-0.2, 0) is 6.54 Å². The molecule has 0 amide bonds. The SMILES string of the molecule is CC(C)CN1CCN(C2CNCc3ccccc32)CC1. The molecule has 2 heterocycles. The minimum Gasteiger partial charge on any atom is -0.311 e. The minimum absolute atomic E-state index is 0.571. The summed E-state index contributed by atoms with van der Waals surface area (Å²) in [5, 5.41) is 3.58. The van der Waals surface area contributed by atoms with Crippen molar-refractivity contribution in [3.05, 3.63) is 35.4 Å². The molecule has 0 bridgehead atoms. The van der Waals surface area contributed by atoms with Crippen molar-refractivity contribution in [1.29, 1.82) is 0 Å². The van der Waals surface area contributed by atoms with Crippen LogP contribution in [-0.4, -0.2) is 49.1 Å². The van der Waals surface area contributed by atoms with E-state index in [1.165, 1.54) is 38.3 Å². The third-order valence-electron chi connectivity index (χ3n) is 4.54. The number of hydrogen-bond acceptors (Lipinski definition) is 3. The number of hydrogen-bond donors (Lipinski definition) is 1.